The second kappa shape index (κ2) is 10.4. The summed E-state index contributed by atoms with van der Waals surface area (Å²) in [5, 5.41) is 3.34. The van der Waals surface area contributed by atoms with Gasteiger partial charge in [0.25, 0.3) is 5.91 Å². The second-order valence-corrected chi connectivity index (χ2v) is 10.5. The number of carbonyl (C=O) groups is 2. The summed E-state index contributed by atoms with van der Waals surface area (Å²) in [4.78, 5) is 29.6. The van der Waals surface area contributed by atoms with Crippen LogP contribution < -0.4 is 10.1 Å². The smallest absolute Gasteiger partial charge is 0.271 e. The van der Waals surface area contributed by atoms with Crippen LogP contribution in [0.4, 0.5) is 0 Å². The quantitative estimate of drug-likeness (QED) is 0.462. The first-order valence-electron chi connectivity index (χ1n) is 13.4. The lowest BCUT2D eigenvalue weighted by molar-refractivity contribution is -0.134. The number of carbonyl (C=O) groups excluding carboxylic acids is 2. The topological polar surface area (TPSA) is 76.7 Å². The molecule has 1 aromatic carbocycles. The molecule has 36 heavy (non-hydrogen) atoms. The number of nitrogens with one attached hydrogen (secondary N) is 1. The van der Waals surface area contributed by atoms with Gasteiger partial charge in [0.2, 0.25) is 5.91 Å². The average molecular weight is 492 g/mol. The van der Waals surface area contributed by atoms with Crippen molar-refractivity contribution in [2.75, 3.05) is 6.61 Å². The fourth-order valence-electron chi connectivity index (χ4n) is 5.56. The predicted octanol–water partition coefficient (Wildman–Crippen LogP) is 5.67. The predicted molar refractivity (Wildman–Crippen MR) is 139 cm³/mol. The summed E-state index contributed by atoms with van der Waals surface area (Å²) in [7, 11) is 0. The van der Waals surface area contributed by atoms with E-state index in [1.807, 2.05) is 41.8 Å². The molecule has 0 unspecified atom stereocenters. The van der Waals surface area contributed by atoms with E-state index in [9.17, 15) is 9.59 Å². The van der Waals surface area contributed by atoms with Gasteiger partial charge < -0.3 is 23.9 Å². The molecule has 0 radical (unpaired) electrons. The van der Waals surface area contributed by atoms with E-state index in [0.717, 1.165) is 48.9 Å². The van der Waals surface area contributed by atoms with E-state index < -0.39 is 5.54 Å². The molecule has 3 heterocycles. The minimum atomic E-state index is -1.03. The fraction of sp³-hybridized carbons (Fsp3) is 0.517. The Hall–Kier alpha value is -3.22. The third kappa shape index (κ3) is 4.75. The number of furan rings is 1. The van der Waals surface area contributed by atoms with E-state index in [4.69, 9.17) is 9.15 Å². The molecule has 192 valence electrons. The van der Waals surface area contributed by atoms with Crippen molar-refractivity contribution in [2.24, 2.45) is 0 Å². The molecule has 7 nitrogen and oxygen atoms in total. The van der Waals surface area contributed by atoms with Gasteiger partial charge in [-0.05, 0) is 43.9 Å². The Bertz CT molecular complexity index is 1200. The van der Waals surface area contributed by atoms with Gasteiger partial charge in [-0.2, -0.15) is 0 Å². The third-order valence-electron chi connectivity index (χ3n) is 7.72. The van der Waals surface area contributed by atoms with Crippen LogP contribution in [0.1, 0.15) is 81.3 Å². The van der Waals surface area contributed by atoms with Gasteiger partial charge in [0.1, 0.15) is 17.0 Å². The molecular formula is C29H37N3O4. The van der Waals surface area contributed by atoms with Crippen molar-refractivity contribution in [1.29, 1.82) is 0 Å². The molecule has 5 rings (SSSR count). The third-order valence-corrected chi connectivity index (χ3v) is 7.72. The van der Waals surface area contributed by atoms with E-state index >= 15 is 0 Å². The zero-order valence-electron chi connectivity index (χ0n) is 21.4. The van der Waals surface area contributed by atoms with Crippen LogP contribution in [0.25, 0.3) is 11.1 Å². The number of nitrogens with zero attached hydrogens (tertiary/aromatic N) is 2. The van der Waals surface area contributed by atoms with E-state index in [0.29, 0.717) is 31.0 Å². The minimum absolute atomic E-state index is 0.0830. The maximum Gasteiger partial charge on any atom is 0.271 e. The summed E-state index contributed by atoms with van der Waals surface area (Å²) in [5.41, 5.74) is 2.00. The molecule has 2 aromatic heterocycles. The summed E-state index contributed by atoms with van der Waals surface area (Å²) >= 11 is 0. The normalized spacial score (nSPS) is 21.2. The number of hydrogen-bond donors (Lipinski definition) is 1. The van der Waals surface area contributed by atoms with E-state index in [-0.39, 0.29) is 17.9 Å². The first-order chi connectivity index (χ1) is 17.5. The number of benzene rings is 1. The lowest BCUT2D eigenvalue weighted by Gasteiger charge is -2.44. The SMILES string of the molecule is CCCOc1ccc(CN2C(=O)c3cc4occc4n3C[C@]2(C)C(=O)NC2CCCCCCC2)cc1. The highest BCUT2D eigenvalue weighted by Gasteiger charge is 2.48. The van der Waals surface area contributed by atoms with E-state index in [2.05, 4.69) is 12.2 Å². The van der Waals surface area contributed by atoms with E-state index in [1.54, 1.807) is 17.2 Å². The molecule has 0 spiro atoms. The molecule has 2 aliphatic rings. The Labute approximate surface area is 212 Å². The molecule has 0 bridgehead atoms. The average Bonchev–Trinajstić information content (AvgIpc) is 3.45. The molecule has 1 saturated carbocycles. The summed E-state index contributed by atoms with van der Waals surface area (Å²) in [5.74, 6) is 0.569. The first kappa shape index (κ1) is 24.5. The standard InChI is InChI=1S/C29H37N3O4/c1-3-16-35-23-13-11-21(12-14-23)19-32-27(33)25-18-26-24(15-17-36-26)31(25)20-29(32,2)28(34)30-22-9-7-5-4-6-8-10-22/h11-15,17-18,22H,3-10,16,19-20H2,1-2H3,(H,30,34)/t29-/m1/s1. The summed E-state index contributed by atoms with van der Waals surface area (Å²) in [6, 6.07) is 11.6. The Balaban J connectivity index is 1.44. The van der Waals surface area contributed by atoms with Gasteiger partial charge in [0.05, 0.1) is 24.9 Å². The summed E-state index contributed by atoms with van der Waals surface area (Å²) in [6.07, 6.45) is 10.5. The van der Waals surface area contributed by atoms with Crippen LogP contribution >= 0.6 is 0 Å². The Kier molecular flexibility index (Phi) is 7.08. The minimum Gasteiger partial charge on any atom is -0.494 e. The largest absolute Gasteiger partial charge is 0.494 e. The van der Waals surface area contributed by atoms with Gasteiger partial charge in [-0.25, -0.2) is 0 Å². The molecule has 1 aliphatic carbocycles. The second-order valence-electron chi connectivity index (χ2n) is 10.5. The summed E-state index contributed by atoms with van der Waals surface area (Å²) < 4.78 is 13.2. The van der Waals surface area contributed by atoms with Crippen LogP contribution in [-0.2, 0) is 17.9 Å². The van der Waals surface area contributed by atoms with Gasteiger partial charge in [-0.3, -0.25) is 9.59 Å². The number of ether oxygens (including phenoxy) is 1. The zero-order chi connectivity index (χ0) is 25.1. The number of hydrogen-bond acceptors (Lipinski definition) is 4. The van der Waals surface area contributed by atoms with Gasteiger partial charge in [-0.15, -0.1) is 0 Å². The van der Waals surface area contributed by atoms with Crippen molar-refractivity contribution < 1.29 is 18.7 Å². The van der Waals surface area contributed by atoms with Gasteiger partial charge in [0, 0.05) is 24.7 Å². The van der Waals surface area contributed by atoms with Crippen LogP contribution in [0.15, 0.2) is 47.1 Å². The molecule has 3 aromatic rings. The molecule has 0 saturated heterocycles. The lowest BCUT2D eigenvalue weighted by Crippen LogP contribution is -2.64. The maximum atomic E-state index is 13.9. The highest BCUT2D eigenvalue weighted by atomic mass is 16.5. The van der Waals surface area contributed by atoms with Crippen LogP contribution in [0, 0.1) is 0 Å². The molecule has 1 fully saturated rings. The number of amides is 2. The van der Waals surface area contributed by atoms with Crippen molar-refractivity contribution in [1.82, 2.24) is 14.8 Å². The van der Waals surface area contributed by atoms with Crippen LogP contribution in [0.3, 0.4) is 0 Å². The van der Waals surface area contributed by atoms with Gasteiger partial charge >= 0.3 is 0 Å². The number of fused-ring (bicyclic) bond motifs is 3. The van der Waals surface area contributed by atoms with E-state index in [1.165, 1.54) is 19.3 Å². The molecule has 7 heteroatoms. The van der Waals surface area contributed by atoms with Crippen LogP contribution in [-0.4, -0.2) is 39.5 Å². The molecule has 1 N–H and O–H groups in total. The lowest BCUT2D eigenvalue weighted by atomic mass is 9.91. The fourth-order valence-corrected chi connectivity index (χ4v) is 5.56. The zero-order valence-corrected chi connectivity index (χ0v) is 21.4. The number of aromatic nitrogens is 1. The Morgan fingerprint density at radius 3 is 2.56 bits per heavy atom. The van der Waals surface area contributed by atoms with Crippen LogP contribution in [0.2, 0.25) is 0 Å². The van der Waals surface area contributed by atoms with Gasteiger partial charge in [-0.1, -0.05) is 51.2 Å². The monoisotopic (exact) mass is 491 g/mol. The van der Waals surface area contributed by atoms with Crippen molar-refractivity contribution in [2.45, 2.75) is 89.9 Å². The van der Waals surface area contributed by atoms with Crippen molar-refractivity contribution in [3.63, 3.8) is 0 Å². The maximum absolute atomic E-state index is 13.9. The summed E-state index contributed by atoms with van der Waals surface area (Å²) in [6.45, 7) is 5.37. The highest BCUT2D eigenvalue weighted by molar-refractivity contribution is 6.02. The van der Waals surface area contributed by atoms with Crippen molar-refractivity contribution in [3.05, 3.63) is 53.9 Å². The molecule has 2 amide bonds. The first-order valence-corrected chi connectivity index (χ1v) is 13.4. The van der Waals surface area contributed by atoms with Crippen molar-refractivity contribution in [3.8, 4) is 5.75 Å². The number of rotatable bonds is 7. The molecular weight excluding hydrogens is 454 g/mol. The molecule has 1 aliphatic heterocycles. The van der Waals surface area contributed by atoms with Gasteiger partial charge in [0.15, 0.2) is 5.58 Å². The van der Waals surface area contributed by atoms with Crippen molar-refractivity contribution >= 4 is 22.9 Å². The highest BCUT2D eigenvalue weighted by Crippen LogP contribution is 2.34. The Morgan fingerprint density at radius 1 is 1.11 bits per heavy atom. The molecule has 1 atom stereocenters. The Morgan fingerprint density at radius 2 is 1.83 bits per heavy atom. The van der Waals surface area contributed by atoms with Crippen LogP contribution in [0.5, 0.6) is 5.75 Å².